The number of aryl methyl sites for hydroxylation is 2. The van der Waals surface area contributed by atoms with Crippen molar-refractivity contribution in [2.75, 3.05) is 11.4 Å². The first-order valence-electron chi connectivity index (χ1n) is 10.5. The van der Waals surface area contributed by atoms with Gasteiger partial charge in [0, 0.05) is 11.6 Å². The van der Waals surface area contributed by atoms with Gasteiger partial charge in [0.2, 0.25) is 11.8 Å². The zero-order valence-electron chi connectivity index (χ0n) is 18.1. The van der Waals surface area contributed by atoms with Gasteiger partial charge in [0.15, 0.2) is 0 Å². The highest BCUT2D eigenvalue weighted by Gasteiger charge is 2.27. The van der Waals surface area contributed by atoms with Crippen molar-refractivity contribution in [3.8, 4) is 0 Å². The number of carbonyl (C=O) groups is 2. The number of nitrogens with one attached hydrogen (secondary N) is 1. The Balaban J connectivity index is 1.55. The summed E-state index contributed by atoms with van der Waals surface area (Å²) in [7, 11) is 0. The van der Waals surface area contributed by atoms with Gasteiger partial charge in [-0.2, -0.15) is 0 Å². The SMILES string of the molecule is Cc1ccc(C2=Nc3ccccc3N(CC(=O)NCc3ccc(Cl)cc3)C(=O)C2)c(C)c1. The topological polar surface area (TPSA) is 61.8 Å². The monoisotopic (exact) mass is 445 g/mol. The molecule has 0 aliphatic carbocycles. The lowest BCUT2D eigenvalue weighted by atomic mass is 9.99. The molecule has 4 rings (SSSR count). The van der Waals surface area contributed by atoms with E-state index < -0.39 is 0 Å². The van der Waals surface area contributed by atoms with Gasteiger partial charge in [0.05, 0.1) is 23.5 Å². The van der Waals surface area contributed by atoms with Crippen LogP contribution in [-0.4, -0.2) is 24.1 Å². The molecule has 0 unspecified atom stereocenters. The van der Waals surface area contributed by atoms with Crippen molar-refractivity contribution in [1.29, 1.82) is 0 Å². The number of nitrogens with zero attached hydrogens (tertiary/aromatic N) is 2. The van der Waals surface area contributed by atoms with Crippen LogP contribution in [0.5, 0.6) is 0 Å². The average molecular weight is 446 g/mol. The molecule has 0 spiro atoms. The van der Waals surface area contributed by atoms with Crippen molar-refractivity contribution in [1.82, 2.24) is 5.32 Å². The van der Waals surface area contributed by atoms with E-state index in [4.69, 9.17) is 16.6 Å². The van der Waals surface area contributed by atoms with E-state index in [1.807, 2.05) is 62.4 Å². The van der Waals surface area contributed by atoms with Crippen molar-refractivity contribution in [2.45, 2.75) is 26.8 Å². The number of carbonyl (C=O) groups excluding carboxylic acids is 2. The first-order valence-corrected chi connectivity index (χ1v) is 10.8. The van der Waals surface area contributed by atoms with E-state index in [1.165, 1.54) is 4.90 Å². The molecular formula is C26H24ClN3O2. The van der Waals surface area contributed by atoms with E-state index in [0.717, 1.165) is 22.3 Å². The van der Waals surface area contributed by atoms with Crippen LogP contribution < -0.4 is 10.2 Å². The van der Waals surface area contributed by atoms with Crippen LogP contribution >= 0.6 is 11.6 Å². The van der Waals surface area contributed by atoms with E-state index >= 15 is 0 Å². The van der Waals surface area contributed by atoms with Crippen LogP contribution in [0.2, 0.25) is 5.02 Å². The van der Waals surface area contributed by atoms with Gasteiger partial charge in [-0.05, 0) is 54.8 Å². The largest absolute Gasteiger partial charge is 0.350 e. The number of anilines is 1. The minimum absolute atomic E-state index is 0.0703. The molecule has 3 aromatic rings. The number of hydrogen-bond acceptors (Lipinski definition) is 3. The number of benzene rings is 3. The second kappa shape index (κ2) is 9.37. The highest BCUT2D eigenvalue weighted by Crippen LogP contribution is 2.33. The number of hydrogen-bond donors (Lipinski definition) is 1. The number of rotatable bonds is 5. The summed E-state index contributed by atoms with van der Waals surface area (Å²) >= 11 is 5.91. The third-order valence-corrected chi connectivity index (χ3v) is 5.70. The summed E-state index contributed by atoms with van der Waals surface area (Å²) in [6, 6.07) is 20.8. The summed E-state index contributed by atoms with van der Waals surface area (Å²) in [4.78, 5) is 32.3. The molecular weight excluding hydrogens is 422 g/mol. The fourth-order valence-electron chi connectivity index (χ4n) is 3.81. The Morgan fingerprint density at radius 2 is 1.81 bits per heavy atom. The molecule has 32 heavy (non-hydrogen) atoms. The summed E-state index contributed by atoms with van der Waals surface area (Å²) in [5.41, 5.74) is 6.15. The molecule has 1 heterocycles. The van der Waals surface area contributed by atoms with E-state index in [-0.39, 0.29) is 24.8 Å². The second-order valence-corrected chi connectivity index (χ2v) is 8.36. The molecule has 0 saturated heterocycles. The standard InChI is InChI=1S/C26H24ClN3O2/c1-17-7-12-21(18(2)13-17)23-14-26(32)30(24-6-4-3-5-22(24)29-23)16-25(31)28-15-19-8-10-20(27)11-9-19/h3-13H,14-16H2,1-2H3,(H,28,31). The van der Waals surface area contributed by atoms with Gasteiger partial charge >= 0.3 is 0 Å². The molecule has 1 N–H and O–H groups in total. The van der Waals surface area contributed by atoms with Gasteiger partial charge in [-0.25, -0.2) is 0 Å². The van der Waals surface area contributed by atoms with Crippen LogP contribution in [0.25, 0.3) is 0 Å². The van der Waals surface area contributed by atoms with Crippen LogP contribution in [0.4, 0.5) is 11.4 Å². The first kappa shape index (κ1) is 21.8. The molecule has 0 saturated carbocycles. The van der Waals surface area contributed by atoms with Gasteiger partial charge in [0.25, 0.3) is 0 Å². The molecule has 1 aliphatic heterocycles. The Morgan fingerprint density at radius 3 is 2.56 bits per heavy atom. The zero-order chi connectivity index (χ0) is 22.7. The second-order valence-electron chi connectivity index (χ2n) is 7.93. The highest BCUT2D eigenvalue weighted by atomic mass is 35.5. The molecule has 0 fully saturated rings. The smallest absolute Gasteiger partial charge is 0.240 e. The minimum Gasteiger partial charge on any atom is -0.350 e. The summed E-state index contributed by atoms with van der Waals surface area (Å²) in [5, 5.41) is 3.53. The van der Waals surface area contributed by atoms with Gasteiger partial charge < -0.3 is 10.2 Å². The van der Waals surface area contributed by atoms with Crippen molar-refractivity contribution in [2.24, 2.45) is 4.99 Å². The third-order valence-electron chi connectivity index (χ3n) is 5.45. The van der Waals surface area contributed by atoms with E-state index in [9.17, 15) is 9.59 Å². The number of fused-ring (bicyclic) bond motifs is 1. The minimum atomic E-state index is -0.238. The molecule has 0 aromatic heterocycles. The van der Waals surface area contributed by atoms with Gasteiger partial charge in [0.1, 0.15) is 6.54 Å². The van der Waals surface area contributed by atoms with Crippen LogP contribution in [0.3, 0.4) is 0 Å². The maximum Gasteiger partial charge on any atom is 0.240 e. The van der Waals surface area contributed by atoms with Crippen molar-refractivity contribution >= 4 is 40.5 Å². The maximum atomic E-state index is 13.2. The number of halogens is 1. The Bertz CT molecular complexity index is 1200. The molecule has 1 aliphatic rings. The third kappa shape index (κ3) is 4.89. The molecule has 0 radical (unpaired) electrons. The van der Waals surface area contributed by atoms with Gasteiger partial charge in [-0.1, -0.05) is 59.6 Å². The molecule has 0 atom stereocenters. The quantitative estimate of drug-likeness (QED) is 0.591. The van der Waals surface area contributed by atoms with E-state index in [2.05, 4.69) is 11.4 Å². The molecule has 6 heteroatoms. The summed E-state index contributed by atoms with van der Waals surface area (Å²) in [6.07, 6.45) is 0.128. The lowest BCUT2D eigenvalue weighted by Gasteiger charge is -2.22. The fourth-order valence-corrected chi connectivity index (χ4v) is 3.94. The fraction of sp³-hybridized carbons (Fsp3) is 0.192. The van der Waals surface area contributed by atoms with Gasteiger partial charge in [-0.15, -0.1) is 0 Å². The predicted octanol–water partition coefficient (Wildman–Crippen LogP) is 5.13. The maximum absolute atomic E-state index is 13.2. The number of amides is 2. The summed E-state index contributed by atoms with van der Waals surface area (Å²) < 4.78 is 0. The van der Waals surface area contributed by atoms with Crippen LogP contribution in [0, 0.1) is 13.8 Å². The zero-order valence-corrected chi connectivity index (χ0v) is 18.8. The normalized spacial score (nSPS) is 13.3. The molecule has 0 bridgehead atoms. The van der Waals surface area contributed by atoms with Crippen molar-refractivity contribution in [3.05, 3.63) is 94.0 Å². The highest BCUT2D eigenvalue weighted by molar-refractivity contribution is 6.30. The van der Waals surface area contributed by atoms with Gasteiger partial charge in [-0.3, -0.25) is 14.6 Å². The first-order chi connectivity index (χ1) is 15.4. The molecule has 162 valence electrons. The Labute approximate surface area is 192 Å². The van der Waals surface area contributed by atoms with E-state index in [1.54, 1.807) is 12.1 Å². The molecule has 2 amide bonds. The van der Waals surface area contributed by atoms with Crippen molar-refractivity contribution in [3.63, 3.8) is 0 Å². The lowest BCUT2D eigenvalue weighted by Crippen LogP contribution is -2.41. The van der Waals surface area contributed by atoms with Crippen LogP contribution in [-0.2, 0) is 16.1 Å². The average Bonchev–Trinajstić information content (AvgIpc) is 2.90. The Morgan fingerprint density at radius 1 is 1.06 bits per heavy atom. The Kier molecular flexibility index (Phi) is 6.37. The van der Waals surface area contributed by atoms with Crippen molar-refractivity contribution < 1.29 is 9.59 Å². The number of para-hydroxylation sites is 2. The van der Waals surface area contributed by atoms with E-state index in [0.29, 0.717) is 28.7 Å². The Hall–Kier alpha value is -3.44. The van der Waals surface area contributed by atoms with Crippen LogP contribution in [0.1, 0.15) is 28.7 Å². The predicted molar refractivity (Wildman–Crippen MR) is 129 cm³/mol. The molecule has 5 nitrogen and oxygen atoms in total. The number of aliphatic imine (C=N–C) groups is 1. The lowest BCUT2D eigenvalue weighted by molar-refractivity contribution is -0.123. The summed E-state index contributed by atoms with van der Waals surface area (Å²) in [5.74, 6) is -0.395. The molecule has 3 aromatic carbocycles. The summed E-state index contributed by atoms with van der Waals surface area (Å²) in [6.45, 7) is 4.35. The van der Waals surface area contributed by atoms with Crippen LogP contribution in [0.15, 0.2) is 71.7 Å².